The summed E-state index contributed by atoms with van der Waals surface area (Å²) in [4.78, 5) is 48.1. The molecule has 3 amide bonds. The van der Waals surface area contributed by atoms with E-state index in [1.165, 1.54) is 12.1 Å². The predicted molar refractivity (Wildman–Crippen MR) is 74.1 cm³/mol. The van der Waals surface area contributed by atoms with Crippen LogP contribution in [0, 0.1) is 5.92 Å². The Morgan fingerprint density at radius 3 is 2.18 bits per heavy atom. The van der Waals surface area contributed by atoms with E-state index in [4.69, 9.17) is 5.11 Å². The van der Waals surface area contributed by atoms with Crippen LogP contribution >= 0.6 is 0 Å². The largest absolute Gasteiger partial charge is 0.480 e. The van der Waals surface area contributed by atoms with Gasteiger partial charge in [0.25, 0.3) is 11.8 Å². The van der Waals surface area contributed by atoms with Gasteiger partial charge in [-0.1, -0.05) is 12.1 Å². The van der Waals surface area contributed by atoms with Gasteiger partial charge < -0.3 is 10.4 Å². The first-order chi connectivity index (χ1) is 10.5. The fraction of sp³-hybridized carbons (Fsp3) is 0.333. The maximum atomic E-state index is 12.1. The summed E-state index contributed by atoms with van der Waals surface area (Å²) in [6.07, 6.45) is 1.51. The van der Waals surface area contributed by atoms with Crippen molar-refractivity contribution in [3.63, 3.8) is 0 Å². The molecular formula is C15H14N2O5. The Morgan fingerprint density at radius 1 is 1.18 bits per heavy atom. The Labute approximate surface area is 125 Å². The van der Waals surface area contributed by atoms with Crippen LogP contribution in [0.3, 0.4) is 0 Å². The first-order valence-electron chi connectivity index (χ1n) is 6.96. The molecule has 0 spiro atoms. The quantitative estimate of drug-likeness (QED) is 0.759. The average molecular weight is 302 g/mol. The molecule has 2 N–H and O–H groups in total. The number of amides is 3. The highest BCUT2D eigenvalue weighted by atomic mass is 16.4. The first-order valence-corrected chi connectivity index (χ1v) is 6.96. The summed E-state index contributed by atoms with van der Waals surface area (Å²) in [6.45, 7) is -0.469. The highest BCUT2D eigenvalue weighted by Crippen LogP contribution is 2.32. The molecule has 3 rings (SSSR count). The molecule has 0 aromatic heterocycles. The van der Waals surface area contributed by atoms with Crippen LogP contribution in [0.25, 0.3) is 0 Å². The number of hydrogen-bond acceptors (Lipinski definition) is 4. The SMILES string of the molecule is O=C(CN1C(=O)c2ccccc2C1=O)NC(C(=O)O)C1CC1. The molecule has 2 aliphatic rings. The predicted octanol–water partition coefficient (Wildman–Crippen LogP) is 0.262. The van der Waals surface area contributed by atoms with Gasteiger partial charge in [-0.3, -0.25) is 19.3 Å². The lowest BCUT2D eigenvalue weighted by Gasteiger charge is -2.17. The normalized spacial score (nSPS) is 18.1. The van der Waals surface area contributed by atoms with Crippen molar-refractivity contribution < 1.29 is 24.3 Å². The molecule has 7 nitrogen and oxygen atoms in total. The standard InChI is InChI=1S/C15H14N2O5/c18-11(16-12(15(21)22)8-5-6-8)7-17-13(19)9-3-1-2-4-10(9)14(17)20/h1-4,8,12H,5-7H2,(H,16,18)(H,21,22). The highest BCUT2D eigenvalue weighted by molar-refractivity contribution is 6.22. The maximum Gasteiger partial charge on any atom is 0.326 e. The fourth-order valence-electron chi connectivity index (χ4n) is 2.56. The van der Waals surface area contributed by atoms with E-state index in [9.17, 15) is 19.2 Å². The van der Waals surface area contributed by atoms with Gasteiger partial charge in [0.2, 0.25) is 5.91 Å². The zero-order valence-electron chi connectivity index (χ0n) is 11.6. The maximum absolute atomic E-state index is 12.1. The molecule has 0 radical (unpaired) electrons. The van der Waals surface area contributed by atoms with Crippen molar-refractivity contribution in [3.05, 3.63) is 35.4 Å². The lowest BCUT2D eigenvalue weighted by molar-refractivity contribution is -0.142. The second-order valence-corrected chi connectivity index (χ2v) is 5.46. The topological polar surface area (TPSA) is 104 Å². The van der Waals surface area contributed by atoms with Crippen LogP contribution in [-0.4, -0.2) is 46.3 Å². The Kier molecular flexibility index (Phi) is 3.40. The number of fused-ring (bicyclic) bond motifs is 1. The number of carbonyl (C=O) groups excluding carboxylic acids is 3. The van der Waals surface area contributed by atoms with Crippen molar-refractivity contribution in [2.45, 2.75) is 18.9 Å². The number of carboxylic acids is 1. The molecule has 1 saturated carbocycles. The van der Waals surface area contributed by atoms with E-state index in [0.717, 1.165) is 17.7 Å². The number of benzene rings is 1. The first kappa shape index (κ1) is 14.2. The van der Waals surface area contributed by atoms with Gasteiger partial charge in [0.15, 0.2) is 0 Å². The molecule has 1 unspecified atom stereocenters. The van der Waals surface area contributed by atoms with Crippen molar-refractivity contribution in [2.24, 2.45) is 5.92 Å². The van der Waals surface area contributed by atoms with Crippen LogP contribution in [0.4, 0.5) is 0 Å². The van der Waals surface area contributed by atoms with Crippen LogP contribution in [0.1, 0.15) is 33.6 Å². The van der Waals surface area contributed by atoms with Gasteiger partial charge in [-0.2, -0.15) is 0 Å². The number of carbonyl (C=O) groups is 4. The molecule has 1 aromatic rings. The smallest absolute Gasteiger partial charge is 0.326 e. The molecule has 22 heavy (non-hydrogen) atoms. The average Bonchev–Trinajstić information content (AvgIpc) is 3.30. The molecule has 1 aromatic carbocycles. The second-order valence-electron chi connectivity index (χ2n) is 5.46. The van der Waals surface area contributed by atoms with E-state index in [2.05, 4.69) is 5.32 Å². The van der Waals surface area contributed by atoms with Gasteiger partial charge in [-0.25, -0.2) is 4.79 Å². The number of imide groups is 1. The van der Waals surface area contributed by atoms with Crippen molar-refractivity contribution in [2.75, 3.05) is 6.54 Å². The minimum atomic E-state index is -1.10. The molecule has 0 saturated heterocycles. The molecule has 7 heteroatoms. The molecule has 1 aliphatic carbocycles. The number of aliphatic carboxylic acids is 1. The van der Waals surface area contributed by atoms with E-state index in [0.29, 0.717) is 0 Å². The van der Waals surface area contributed by atoms with E-state index >= 15 is 0 Å². The minimum absolute atomic E-state index is 0.0661. The second kappa shape index (κ2) is 5.25. The molecule has 1 aliphatic heterocycles. The number of carboxylic acid groups (broad SMARTS) is 1. The molecular weight excluding hydrogens is 288 g/mol. The lowest BCUT2D eigenvalue weighted by atomic mass is 10.1. The van der Waals surface area contributed by atoms with Crippen LogP contribution in [0.15, 0.2) is 24.3 Å². The molecule has 0 bridgehead atoms. The van der Waals surface area contributed by atoms with Gasteiger partial charge in [0.1, 0.15) is 12.6 Å². The van der Waals surface area contributed by atoms with Crippen molar-refractivity contribution in [1.29, 1.82) is 0 Å². The van der Waals surface area contributed by atoms with Crippen molar-refractivity contribution >= 4 is 23.7 Å². The summed E-state index contributed by atoms with van der Waals surface area (Å²) in [7, 11) is 0. The summed E-state index contributed by atoms with van der Waals surface area (Å²) >= 11 is 0. The lowest BCUT2D eigenvalue weighted by Crippen LogP contribution is -2.47. The van der Waals surface area contributed by atoms with E-state index in [-0.39, 0.29) is 17.0 Å². The third-order valence-electron chi connectivity index (χ3n) is 3.86. The number of hydrogen-bond donors (Lipinski definition) is 2. The molecule has 1 fully saturated rings. The summed E-state index contributed by atoms with van der Waals surface area (Å²) in [5.74, 6) is -2.88. The summed E-state index contributed by atoms with van der Waals surface area (Å²) in [6, 6.07) is 5.38. The number of nitrogens with one attached hydrogen (secondary N) is 1. The fourth-order valence-corrected chi connectivity index (χ4v) is 2.56. The summed E-state index contributed by atoms with van der Waals surface area (Å²) in [5.41, 5.74) is 0.523. The van der Waals surface area contributed by atoms with Crippen molar-refractivity contribution in [1.82, 2.24) is 10.2 Å². The molecule has 1 heterocycles. The van der Waals surface area contributed by atoms with Gasteiger partial charge in [-0.05, 0) is 30.9 Å². The van der Waals surface area contributed by atoms with Crippen LogP contribution in [0.2, 0.25) is 0 Å². The van der Waals surface area contributed by atoms with Crippen LogP contribution < -0.4 is 5.32 Å². The highest BCUT2D eigenvalue weighted by Gasteiger charge is 2.40. The minimum Gasteiger partial charge on any atom is -0.480 e. The summed E-state index contributed by atoms with van der Waals surface area (Å²) in [5, 5.41) is 11.5. The van der Waals surface area contributed by atoms with Crippen LogP contribution in [0.5, 0.6) is 0 Å². The van der Waals surface area contributed by atoms with Crippen LogP contribution in [-0.2, 0) is 9.59 Å². The van der Waals surface area contributed by atoms with Gasteiger partial charge >= 0.3 is 5.97 Å². The molecule has 1 atom stereocenters. The Bertz CT molecular complexity index is 645. The van der Waals surface area contributed by atoms with Gasteiger partial charge in [0, 0.05) is 0 Å². The molecule has 114 valence electrons. The number of rotatable bonds is 5. The Hall–Kier alpha value is -2.70. The van der Waals surface area contributed by atoms with Gasteiger partial charge in [0.05, 0.1) is 11.1 Å². The van der Waals surface area contributed by atoms with Crippen molar-refractivity contribution in [3.8, 4) is 0 Å². The third-order valence-corrected chi connectivity index (χ3v) is 3.86. The zero-order valence-corrected chi connectivity index (χ0v) is 11.6. The number of nitrogens with zero attached hydrogens (tertiary/aromatic N) is 1. The zero-order chi connectivity index (χ0) is 15.9. The Morgan fingerprint density at radius 2 is 1.73 bits per heavy atom. The Balaban J connectivity index is 1.69. The monoisotopic (exact) mass is 302 g/mol. The van der Waals surface area contributed by atoms with Gasteiger partial charge in [-0.15, -0.1) is 0 Å². The third kappa shape index (κ3) is 2.45. The van der Waals surface area contributed by atoms with E-state index in [1.54, 1.807) is 12.1 Å². The summed E-state index contributed by atoms with van der Waals surface area (Å²) < 4.78 is 0. The van der Waals surface area contributed by atoms with E-state index < -0.39 is 36.3 Å². The van der Waals surface area contributed by atoms with E-state index in [1.807, 2.05) is 0 Å².